The molecule has 0 amide bonds. The van der Waals surface area contributed by atoms with Crippen molar-refractivity contribution in [3.05, 3.63) is 0 Å². The molecule has 0 aromatic carbocycles. The second-order valence-electron chi connectivity index (χ2n) is 9.06. The molecule has 2 bridgehead atoms. The maximum Gasteiger partial charge on any atom is 0.411 e. The molecule has 0 radical (unpaired) electrons. The smallest absolute Gasteiger partial charge is 0.411 e. The van der Waals surface area contributed by atoms with E-state index in [0.717, 1.165) is 0 Å². The largest absolute Gasteiger partial charge is 0.464 e. The molecule has 4 fully saturated rings. The average Bonchev–Trinajstić information content (AvgIpc) is 3.30. The number of carbonyl (C=O) groups excluding carboxylic acids is 2. The molecule has 0 aromatic rings. The molecule has 4 rings (SSSR count). The first-order valence-electron chi connectivity index (χ1n) is 10.5. The summed E-state index contributed by atoms with van der Waals surface area (Å²) in [5.41, 5.74) is 0. The first-order chi connectivity index (χ1) is 15.2. The van der Waals surface area contributed by atoms with Crippen LogP contribution in [0.15, 0.2) is 0 Å². The summed E-state index contributed by atoms with van der Waals surface area (Å²) in [4.78, 5) is 25.4. The Bertz CT molecular complexity index is 1020. The summed E-state index contributed by atoms with van der Waals surface area (Å²) in [5, 5.41) is -3.91. The zero-order chi connectivity index (χ0) is 24.3. The van der Waals surface area contributed by atoms with E-state index in [0.29, 0.717) is 25.7 Å². The van der Waals surface area contributed by atoms with Crippen molar-refractivity contribution in [3.63, 3.8) is 0 Å². The SMILES string of the molecule is O=C(OCC(C(F)(F)F)S(=O)(=O)O)C1CCCCC1C(=O)OC1C2CC3C1OS(=O)(=O)C3C2. The average molecular weight is 521 g/mol. The molecule has 33 heavy (non-hydrogen) atoms. The Morgan fingerprint density at radius 3 is 2.27 bits per heavy atom. The van der Waals surface area contributed by atoms with Crippen LogP contribution in [0.5, 0.6) is 0 Å². The maximum atomic E-state index is 12.9. The van der Waals surface area contributed by atoms with Crippen LogP contribution in [0.4, 0.5) is 13.2 Å². The molecule has 3 aliphatic carbocycles. The number of fused-ring (bicyclic) bond motifs is 1. The highest BCUT2D eigenvalue weighted by molar-refractivity contribution is 7.87. The third kappa shape index (κ3) is 4.60. The summed E-state index contributed by atoms with van der Waals surface area (Å²) < 4.78 is 109. The van der Waals surface area contributed by atoms with Crippen molar-refractivity contribution in [2.45, 2.75) is 67.4 Å². The lowest BCUT2D eigenvalue weighted by molar-refractivity contribution is -0.174. The van der Waals surface area contributed by atoms with Gasteiger partial charge in [-0.2, -0.15) is 30.0 Å². The van der Waals surface area contributed by atoms with Gasteiger partial charge in [-0.15, -0.1) is 0 Å². The van der Waals surface area contributed by atoms with Crippen LogP contribution in [-0.4, -0.2) is 68.8 Å². The van der Waals surface area contributed by atoms with E-state index in [-0.39, 0.29) is 24.7 Å². The number of ether oxygens (including phenoxy) is 2. The number of carbonyl (C=O) groups is 2. The van der Waals surface area contributed by atoms with E-state index in [1.807, 2.05) is 0 Å². The van der Waals surface area contributed by atoms with Gasteiger partial charge in [0.1, 0.15) is 18.8 Å². The lowest BCUT2D eigenvalue weighted by atomic mass is 9.79. The number of hydrogen-bond acceptors (Lipinski definition) is 9. The highest BCUT2D eigenvalue weighted by atomic mass is 32.2. The van der Waals surface area contributed by atoms with Gasteiger partial charge in [0.15, 0.2) is 0 Å². The molecular formula is C18H23F3O10S2. The predicted molar refractivity (Wildman–Crippen MR) is 101 cm³/mol. The molecule has 4 aliphatic rings. The van der Waals surface area contributed by atoms with Crippen LogP contribution >= 0.6 is 0 Å². The molecular weight excluding hydrogens is 497 g/mol. The monoisotopic (exact) mass is 520 g/mol. The van der Waals surface area contributed by atoms with E-state index < -0.39 is 79.5 Å². The topological polar surface area (TPSA) is 150 Å². The van der Waals surface area contributed by atoms with Crippen molar-refractivity contribution < 1.29 is 57.8 Å². The van der Waals surface area contributed by atoms with E-state index in [4.69, 9.17) is 13.5 Å². The Morgan fingerprint density at radius 2 is 1.70 bits per heavy atom. The number of alkyl halides is 3. The number of halogens is 3. The van der Waals surface area contributed by atoms with Crippen LogP contribution in [0.25, 0.3) is 0 Å². The van der Waals surface area contributed by atoms with Gasteiger partial charge in [0.05, 0.1) is 17.1 Å². The second kappa shape index (κ2) is 8.34. The summed E-state index contributed by atoms with van der Waals surface area (Å²) in [7, 11) is -9.29. The fourth-order valence-electron chi connectivity index (χ4n) is 5.57. The van der Waals surface area contributed by atoms with Crippen LogP contribution < -0.4 is 0 Å². The number of hydrogen-bond donors (Lipinski definition) is 1. The Kier molecular flexibility index (Phi) is 6.24. The van der Waals surface area contributed by atoms with E-state index >= 15 is 0 Å². The van der Waals surface area contributed by atoms with Gasteiger partial charge in [0, 0.05) is 11.8 Å². The molecule has 188 valence electrons. The molecule has 0 spiro atoms. The van der Waals surface area contributed by atoms with Crippen molar-refractivity contribution >= 4 is 32.2 Å². The van der Waals surface area contributed by atoms with Gasteiger partial charge in [-0.25, -0.2) is 0 Å². The van der Waals surface area contributed by atoms with Crippen LogP contribution in [0.2, 0.25) is 0 Å². The van der Waals surface area contributed by atoms with Crippen LogP contribution in [0.1, 0.15) is 38.5 Å². The van der Waals surface area contributed by atoms with E-state index in [2.05, 4.69) is 4.74 Å². The fraction of sp³-hybridized carbons (Fsp3) is 0.889. The minimum Gasteiger partial charge on any atom is -0.464 e. The van der Waals surface area contributed by atoms with Crippen LogP contribution in [-0.2, 0) is 43.5 Å². The van der Waals surface area contributed by atoms with E-state index in [1.165, 1.54) is 0 Å². The van der Waals surface area contributed by atoms with Gasteiger partial charge in [-0.05, 0) is 25.7 Å². The Morgan fingerprint density at radius 1 is 1.09 bits per heavy atom. The standard InChI is InChI=1S/C18H23F3O10S2/c19-18(20,21)13(32(24,25)26)7-29-16(22)9-3-1-2-4-10(9)17(23)30-14-8-5-11-12(6-8)33(27,28)31-15(11)14/h8-15H,1-7H2,(H,24,25,26). The van der Waals surface area contributed by atoms with Gasteiger partial charge in [-0.1, -0.05) is 12.8 Å². The van der Waals surface area contributed by atoms with Crippen molar-refractivity contribution in [1.29, 1.82) is 0 Å². The lowest BCUT2D eigenvalue weighted by Crippen LogP contribution is -2.43. The molecule has 0 aromatic heterocycles. The molecule has 8 unspecified atom stereocenters. The highest BCUT2D eigenvalue weighted by Crippen LogP contribution is 2.55. The summed E-state index contributed by atoms with van der Waals surface area (Å²) in [5.74, 6) is -4.62. The van der Waals surface area contributed by atoms with Crippen LogP contribution in [0.3, 0.4) is 0 Å². The highest BCUT2D eigenvalue weighted by Gasteiger charge is 2.65. The summed E-state index contributed by atoms with van der Waals surface area (Å²) in [6, 6.07) is 0. The molecule has 1 saturated heterocycles. The molecule has 10 nitrogen and oxygen atoms in total. The Labute approximate surface area is 188 Å². The summed E-state index contributed by atoms with van der Waals surface area (Å²) in [6.07, 6.45) is -4.72. The van der Waals surface area contributed by atoms with Crippen molar-refractivity contribution in [2.24, 2.45) is 23.7 Å². The van der Waals surface area contributed by atoms with Gasteiger partial charge in [0.2, 0.25) is 5.25 Å². The van der Waals surface area contributed by atoms with E-state index in [9.17, 15) is 39.6 Å². The maximum absolute atomic E-state index is 12.9. The zero-order valence-electron chi connectivity index (χ0n) is 17.1. The Hall–Kier alpha value is -1.45. The van der Waals surface area contributed by atoms with E-state index in [1.54, 1.807) is 0 Å². The molecule has 15 heteroatoms. The molecule has 1 N–H and O–H groups in total. The first kappa shape index (κ1) is 24.7. The summed E-state index contributed by atoms with van der Waals surface area (Å²) in [6.45, 7) is -1.64. The van der Waals surface area contributed by atoms with Gasteiger partial charge >= 0.3 is 18.1 Å². The van der Waals surface area contributed by atoms with Crippen molar-refractivity contribution in [1.82, 2.24) is 0 Å². The molecule has 3 saturated carbocycles. The van der Waals surface area contributed by atoms with Crippen molar-refractivity contribution in [2.75, 3.05) is 6.61 Å². The second-order valence-corrected chi connectivity index (χ2v) is 12.4. The van der Waals surface area contributed by atoms with Crippen molar-refractivity contribution in [3.8, 4) is 0 Å². The Balaban J connectivity index is 1.41. The van der Waals surface area contributed by atoms with Gasteiger partial charge < -0.3 is 9.47 Å². The number of esters is 2. The summed E-state index contributed by atoms with van der Waals surface area (Å²) >= 11 is 0. The first-order valence-corrected chi connectivity index (χ1v) is 13.5. The molecule has 1 heterocycles. The zero-order valence-corrected chi connectivity index (χ0v) is 18.8. The predicted octanol–water partition coefficient (Wildman–Crippen LogP) is 1.20. The third-order valence-corrected chi connectivity index (χ3v) is 10.0. The van der Waals surface area contributed by atoms with Crippen LogP contribution in [0, 0.1) is 23.7 Å². The molecule has 8 atom stereocenters. The minimum absolute atomic E-state index is 0.119. The minimum atomic E-state index is -5.57. The van der Waals surface area contributed by atoms with Gasteiger partial charge in [0.25, 0.3) is 20.2 Å². The fourth-order valence-corrected chi connectivity index (χ4v) is 8.03. The molecule has 1 aliphatic heterocycles. The quantitative estimate of drug-likeness (QED) is 0.307. The lowest BCUT2D eigenvalue weighted by Gasteiger charge is -2.32. The van der Waals surface area contributed by atoms with Gasteiger partial charge in [-0.3, -0.25) is 18.3 Å². The number of rotatable bonds is 6. The third-order valence-electron chi connectivity index (χ3n) is 7.14. The normalized spacial score (nSPS) is 38.1.